The highest BCUT2D eigenvalue weighted by Gasteiger charge is 2.22. The molecule has 0 radical (unpaired) electrons. The minimum Gasteiger partial charge on any atom is -0.333 e. The Balaban J connectivity index is 0.000000240. The van der Waals surface area contributed by atoms with E-state index in [4.69, 9.17) is 0 Å². The molecule has 1 atom stereocenters. The van der Waals surface area contributed by atoms with Crippen LogP contribution in [0, 0.1) is 6.92 Å². The summed E-state index contributed by atoms with van der Waals surface area (Å²) in [5.74, 6) is 0. The van der Waals surface area contributed by atoms with E-state index in [0.717, 1.165) is 30.4 Å². The van der Waals surface area contributed by atoms with Crippen LogP contribution >= 0.6 is 15.6 Å². The number of benzene rings is 2. The molecule has 1 aliphatic rings. The average molecular weight is 414 g/mol. The Labute approximate surface area is 171 Å². The van der Waals surface area contributed by atoms with Gasteiger partial charge in [0.1, 0.15) is 0 Å². The van der Waals surface area contributed by atoms with E-state index in [1.54, 1.807) is 6.66 Å². The molecule has 2 aromatic carbocycles. The molecule has 5 heteroatoms. The summed E-state index contributed by atoms with van der Waals surface area (Å²) in [5, 5.41) is 6.56. The van der Waals surface area contributed by atoms with Gasteiger partial charge in [0.2, 0.25) is 0 Å². The van der Waals surface area contributed by atoms with Crippen molar-refractivity contribution in [1.29, 1.82) is 0 Å². The van der Waals surface area contributed by atoms with Gasteiger partial charge in [0.05, 0.1) is 5.52 Å². The van der Waals surface area contributed by atoms with Gasteiger partial charge in [-0.3, -0.25) is 4.57 Å². The third-order valence-corrected chi connectivity index (χ3v) is 6.85. The van der Waals surface area contributed by atoms with E-state index in [1.807, 2.05) is 83.2 Å². The van der Waals surface area contributed by atoms with Crippen LogP contribution < -0.4 is 5.09 Å². The zero-order chi connectivity index (χ0) is 21.2. The summed E-state index contributed by atoms with van der Waals surface area (Å²) in [6, 6.07) is 18.3. The summed E-state index contributed by atoms with van der Waals surface area (Å²) in [7, 11) is -1.21. The van der Waals surface area contributed by atoms with Crippen LogP contribution in [0.3, 0.4) is 0 Å². The Kier molecular flexibility index (Phi) is 10.1. The zero-order valence-corrected chi connectivity index (χ0v) is 19.8. The number of hydrogen-bond acceptors (Lipinski definition) is 2. The van der Waals surface area contributed by atoms with Gasteiger partial charge in [0.25, 0.3) is 0 Å². The number of nitrogens with one attached hydrogen (secondary N) is 1. The fraction of sp³-hybridized carbons (Fsp3) is 0.304. The summed E-state index contributed by atoms with van der Waals surface area (Å²) in [4.78, 5) is 0. The van der Waals surface area contributed by atoms with Gasteiger partial charge in [-0.05, 0) is 49.0 Å². The second-order valence-corrected chi connectivity index (χ2v) is 9.84. The molecular formula is C23H32N2OP2. The Morgan fingerprint density at radius 2 is 1.54 bits per heavy atom. The average Bonchev–Trinajstić information content (AvgIpc) is 2.72. The number of aryl methyl sites for hydroxylation is 1. The first-order valence-electron chi connectivity index (χ1n) is 9.78. The van der Waals surface area contributed by atoms with Gasteiger partial charge in [0.15, 0.2) is 7.29 Å². The smallest absolute Gasteiger partial charge is 0.191 e. The van der Waals surface area contributed by atoms with Crippen molar-refractivity contribution in [3.63, 3.8) is 0 Å². The number of fused-ring (bicyclic) bond motifs is 2. The van der Waals surface area contributed by atoms with Gasteiger partial charge in [0, 0.05) is 31.4 Å². The molecule has 1 aliphatic heterocycles. The first-order chi connectivity index (χ1) is 13.5. The van der Waals surface area contributed by atoms with Crippen molar-refractivity contribution in [2.75, 3.05) is 11.8 Å². The standard InChI is InChI=1S/C10H12NOP.C9H8NP.2C2H6/c1-8-7-9-5-3-4-6-10(9)11-13(8,2)12;1-7-6-8-4-2-3-5-9(8)10-11-7;2*1-2/h3-7H,1-2H3,(H,11,12);2-6H,1H3;2*1-2H3. The molecule has 2 heterocycles. The largest absolute Gasteiger partial charge is 0.333 e. The van der Waals surface area contributed by atoms with Crippen molar-refractivity contribution in [2.24, 2.45) is 0 Å². The topological polar surface area (TPSA) is 42.0 Å². The normalized spacial score (nSPS) is 16.8. The maximum atomic E-state index is 11.9. The molecule has 1 N–H and O–H groups in total. The highest BCUT2D eigenvalue weighted by molar-refractivity contribution is 7.69. The Morgan fingerprint density at radius 3 is 2.25 bits per heavy atom. The maximum Gasteiger partial charge on any atom is 0.191 e. The molecule has 0 aliphatic carbocycles. The second-order valence-electron chi connectivity index (χ2n) is 5.95. The molecule has 4 rings (SSSR count). The van der Waals surface area contributed by atoms with E-state index in [-0.39, 0.29) is 0 Å². The number of aromatic nitrogens is 1. The van der Waals surface area contributed by atoms with Crippen LogP contribution in [0.1, 0.15) is 45.5 Å². The summed E-state index contributed by atoms with van der Waals surface area (Å²) in [5.41, 5.74) is 3.20. The predicted molar refractivity (Wildman–Crippen MR) is 129 cm³/mol. The second kappa shape index (κ2) is 11.8. The molecular weight excluding hydrogens is 382 g/mol. The van der Waals surface area contributed by atoms with E-state index in [9.17, 15) is 4.57 Å². The van der Waals surface area contributed by atoms with Crippen molar-refractivity contribution >= 4 is 38.3 Å². The third kappa shape index (κ3) is 6.59. The maximum absolute atomic E-state index is 11.9. The SMILES string of the molecule is CC.CC.CC1=Cc2ccccc2NP1(C)=O.Cc1cc2ccccc2np1. The van der Waals surface area contributed by atoms with Crippen LogP contribution in [0.15, 0.2) is 59.9 Å². The van der Waals surface area contributed by atoms with Crippen molar-refractivity contribution < 1.29 is 4.57 Å². The van der Waals surface area contributed by atoms with Crippen LogP contribution in [0.4, 0.5) is 5.69 Å². The molecule has 3 aromatic rings. The molecule has 1 aromatic heterocycles. The van der Waals surface area contributed by atoms with E-state index in [2.05, 4.69) is 28.9 Å². The first kappa shape index (κ1) is 24.1. The highest BCUT2D eigenvalue weighted by Crippen LogP contribution is 2.53. The Morgan fingerprint density at radius 1 is 0.929 bits per heavy atom. The molecule has 0 amide bonds. The van der Waals surface area contributed by atoms with Gasteiger partial charge >= 0.3 is 0 Å². The molecule has 0 fully saturated rings. The van der Waals surface area contributed by atoms with E-state index in [0.29, 0.717) is 0 Å². The molecule has 0 bridgehead atoms. The van der Waals surface area contributed by atoms with Crippen LogP contribution in [0.5, 0.6) is 0 Å². The van der Waals surface area contributed by atoms with Crippen LogP contribution in [0.2, 0.25) is 0 Å². The number of hydrogen-bond donors (Lipinski definition) is 1. The molecule has 0 spiro atoms. The molecule has 0 saturated carbocycles. The quantitative estimate of drug-likeness (QED) is 0.375. The Bertz CT molecular complexity index is 967. The minimum atomic E-state index is -2.30. The highest BCUT2D eigenvalue weighted by atomic mass is 31.2. The van der Waals surface area contributed by atoms with Crippen LogP contribution in [0.25, 0.3) is 17.0 Å². The van der Waals surface area contributed by atoms with E-state index < -0.39 is 7.29 Å². The van der Waals surface area contributed by atoms with Crippen LogP contribution in [-0.2, 0) is 4.57 Å². The van der Waals surface area contributed by atoms with Crippen molar-refractivity contribution in [3.8, 4) is 0 Å². The number of anilines is 1. The first-order valence-corrected chi connectivity index (χ1v) is 12.8. The zero-order valence-electron chi connectivity index (χ0n) is 18.0. The summed E-state index contributed by atoms with van der Waals surface area (Å²) in [6.45, 7) is 13.8. The van der Waals surface area contributed by atoms with Gasteiger partial charge in [-0.15, -0.1) is 0 Å². The van der Waals surface area contributed by atoms with E-state index >= 15 is 0 Å². The third-order valence-electron chi connectivity index (χ3n) is 3.95. The molecule has 0 saturated heterocycles. The summed E-state index contributed by atoms with van der Waals surface area (Å²) in [6.07, 6.45) is 1.99. The number of nitrogens with zero attached hydrogens (tertiary/aromatic N) is 1. The monoisotopic (exact) mass is 414 g/mol. The van der Waals surface area contributed by atoms with Crippen molar-refractivity contribution in [3.05, 3.63) is 70.8 Å². The lowest BCUT2D eigenvalue weighted by Crippen LogP contribution is -2.02. The lowest BCUT2D eigenvalue weighted by Gasteiger charge is -2.23. The number of rotatable bonds is 0. The van der Waals surface area contributed by atoms with Gasteiger partial charge < -0.3 is 5.09 Å². The lowest BCUT2D eigenvalue weighted by atomic mass is 10.2. The van der Waals surface area contributed by atoms with Crippen molar-refractivity contribution in [1.82, 2.24) is 4.75 Å². The fourth-order valence-electron chi connectivity index (χ4n) is 2.48. The predicted octanol–water partition coefficient (Wildman–Crippen LogP) is 8.56. The van der Waals surface area contributed by atoms with E-state index in [1.165, 1.54) is 10.7 Å². The Hall–Kier alpha value is -1.95. The van der Waals surface area contributed by atoms with Gasteiger partial charge in [-0.1, -0.05) is 64.1 Å². The summed E-state index contributed by atoms with van der Waals surface area (Å²) >= 11 is 0. The lowest BCUT2D eigenvalue weighted by molar-refractivity contribution is 0.586. The van der Waals surface area contributed by atoms with Gasteiger partial charge in [-0.25, -0.2) is 4.75 Å². The fourth-order valence-corrected chi connectivity index (χ4v) is 4.35. The number of para-hydroxylation sites is 1. The minimum absolute atomic E-state index is 0.936. The molecule has 150 valence electrons. The molecule has 1 unspecified atom stereocenters. The number of allylic oxidation sites excluding steroid dienone is 1. The van der Waals surface area contributed by atoms with Crippen LogP contribution in [-0.4, -0.2) is 11.4 Å². The molecule has 28 heavy (non-hydrogen) atoms. The van der Waals surface area contributed by atoms with Gasteiger partial charge in [-0.2, -0.15) is 0 Å². The summed E-state index contributed by atoms with van der Waals surface area (Å²) < 4.78 is 16.3. The molecule has 3 nitrogen and oxygen atoms in total. The van der Waals surface area contributed by atoms with Crippen molar-refractivity contribution in [2.45, 2.75) is 41.5 Å².